The minimum Gasteiger partial charge on any atom is -0.295 e. The van der Waals surface area contributed by atoms with Gasteiger partial charge in [0.05, 0.1) is 5.75 Å². The second-order valence-corrected chi connectivity index (χ2v) is 10.00. The molecule has 0 amide bonds. The number of sulfonamides is 1. The largest absolute Gasteiger partial charge is 0.295 e. The zero-order valence-electron chi connectivity index (χ0n) is 18.5. The van der Waals surface area contributed by atoms with E-state index in [9.17, 15) is 13.2 Å². The molecule has 166 valence electrons. The lowest BCUT2D eigenvalue weighted by molar-refractivity contribution is 0.101. The van der Waals surface area contributed by atoms with E-state index >= 15 is 0 Å². The summed E-state index contributed by atoms with van der Waals surface area (Å²) < 4.78 is 27.0. The summed E-state index contributed by atoms with van der Waals surface area (Å²) in [6.07, 6.45) is 17.5. The first-order valence-corrected chi connectivity index (χ1v) is 13.2. The number of benzene rings is 1. The van der Waals surface area contributed by atoms with Crippen LogP contribution in [0.2, 0.25) is 0 Å². The van der Waals surface area contributed by atoms with Crippen LogP contribution >= 0.6 is 0 Å². The molecule has 0 radical (unpaired) electrons. The van der Waals surface area contributed by atoms with E-state index in [0.717, 1.165) is 12.8 Å². The van der Waals surface area contributed by atoms with E-state index in [1.54, 1.807) is 24.3 Å². The molecule has 0 aliphatic rings. The van der Waals surface area contributed by atoms with E-state index in [0.29, 0.717) is 17.7 Å². The van der Waals surface area contributed by atoms with Gasteiger partial charge in [-0.1, -0.05) is 103 Å². The van der Waals surface area contributed by atoms with Crippen LogP contribution in [0.3, 0.4) is 0 Å². The molecule has 5 heteroatoms. The Morgan fingerprint density at radius 3 is 1.76 bits per heavy atom. The van der Waals surface area contributed by atoms with Crippen LogP contribution in [0.4, 0.5) is 5.69 Å². The molecule has 0 fully saturated rings. The molecule has 0 aliphatic heterocycles. The highest BCUT2D eigenvalue weighted by Gasteiger charge is 2.11. The van der Waals surface area contributed by atoms with Gasteiger partial charge in [-0.3, -0.25) is 9.52 Å². The molecule has 29 heavy (non-hydrogen) atoms. The zero-order valence-corrected chi connectivity index (χ0v) is 19.4. The molecule has 0 saturated heterocycles. The van der Waals surface area contributed by atoms with Crippen LogP contribution in [0.1, 0.15) is 114 Å². The second kappa shape index (κ2) is 15.5. The van der Waals surface area contributed by atoms with Crippen LogP contribution in [0.15, 0.2) is 24.3 Å². The predicted octanol–water partition coefficient (Wildman–Crippen LogP) is 7.11. The molecule has 0 unspecified atom stereocenters. The summed E-state index contributed by atoms with van der Waals surface area (Å²) in [5, 5.41) is 0. The van der Waals surface area contributed by atoms with Gasteiger partial charge in [0.15, 0.2) is 5.78 Å². The summed E-state index contributed by atoms with van der Waals surface area (Å²) in [6.45, 7) is 3.73. The standard InChI is InChI=1S/C24H41NO3S/c1-3-4-5-6-7-8-9-10-11-12-13-14-15-16-20-29(27,28)25-24-19-17-18-23(21-24)22(2)26/h17-19,21,25H,3-16,20H2,1-2H3. The highest BCUT2D eigenvalue weighted by atomic mass is 32.2. The first-order valence-electron chi connectivity index (χ1n) is 11.6. The Morgan fingerprint density at radius 2 is 1.28 bits per heavy atom. The summed E-state index contributed by atoms with van der Waals surface area (Å²) in [6, 6.07) is 6.65. The lowest BCUT2D eigenvalue weighted by Gasteiger charge is -2.09. The van der Waals surface area contributed by atoms with Crippen molar-refractivity contribution in [2.45, 2.75) is 104 Å². The zero-order chi connectivity index (χ0) is 21.4. The highest BCUT2D eigenvalue weighted by Crippen LogP contribution is 2.15. The van der Waals surface area contributed by atoms with E-state index in [1.807, 2.05) is 0 Å². The summed E-state index contributed by atoms with van der Waals surface area (Å²) in [7, 11) is -3.35. The Balaban J connectivity index is 2.02. The third kappa shape index (κ3) is 13.5. The Morgan fingerprint density at radius 1 is 0.793 bits per heavy atom. The van der Waals surface area contributed by atoms with Gasteiger partial charge < -0.3 is 0 Å². The third-order valence-electron chi connectivity index (χ3n) is 5.31. The number of nitrogens with one attached hydrogen (secondary N) is 1. The van der Waals surface area contributed by atoms with Crippen LogP contribution in [-0.2, 0) is 10.0 Å². The van der Waals surface area contributed by atoms with Gasteiger partial charge in [-0.15, -0.1) is 0 Å². The van der Waals surface area contributed by atoms with E-state index in [-0.39, 0.29) is 11.5 Å². The fraction of sp³-hybridized carbons (Fsp3) is 0.708. The van der Waals surface area contributed by atoms with Gasteiger partial charge in [-0.2, -0.15) is 0 Å². The normalized spacial score (nSPS) is 11.5. The van der Waals surface area contributed by atoms with Gasteiger partial charge in [0.2, 0.25) is 10.0 Å². The Kier molecular flexibility index (Phi) is 13.7. The lowest BCUT2D eigenvalue weighted by Crippen LogP contribution is -2.16. The molecule has 0 bridgehead atoms. The number of ketones is 1. The number of Topliss-reactive ketones (excluding diaryl/α,β-unsaturated/α-hetero) is 1. The lowest BCUT2D eigenvalue weighted by atomic mass is 10.0. The summed E-state index contributed by atoms with van der Waals surface area (Å²) in [5.74, 6) is 0.0630. The van der Waals surface area contributed by atoms with E-state index in [4.69, 9.17) is 0 Å². The molecule has 0 heterocycles. The number of rotatable bonds is 18. The molecule has 0 aromatic heterocycles. The summed E-state index contributed by atoms with van der Waals surface area (Å²) in [5.41, 5.74) is 0.977. The van der Waals surface area contributed by atoms with Crippen molar-refractivity contribution < 1.29 is 13.2 Å². The maximum atomic E-state index is 12.2. The van der Waals surface area contributed by atoms with Gasteiger partial charge >= 0.3 is 0 Å². The fourth-order valence-corrected chi connectivity index (χ4v) is 4.69. The first kappa shape index (κ1) is 25.7. The molecule has 0 spiro atoms. The van der Waals surface area contributed by atoms with Gasteiger partial charge in [0, 0.05) is 11.3 Å². The minimum absolute atomic E-state index is 0.0713. The number of anilines is 1. The maximum Gasteiger partial charge on any atom is 0.232 e. The van der Waals surface area contributed by atoms with Crippen molar-refractivity contribution in [3.8, 4) is 0 Å². The van der Waals surface area contributed by atoms with Crippen molar-refractivity contribution in [2.24, 2.45) is 0 Å². The first-order chi connectivity index (χ1) is 13.9. The highest BCUT2D eigenvalue weighted by molar-refractivity contribution is 7.92. The number of hydrogen-bond acceptors (Lipinski definition) is 3. The molecule has 1 rings (SSSR count). The summed E-state index contributed by atoms with van der Waals surface area (Å²) in [4.78, 5) is 11.4. The molecular formula is C24H41NO3S. The number of hydrogen-bond donors (Lipinski definition) is 1. The topological polar surface area (TPSA) is 63.2 Å². The van der Waals surface area contributed by atoms with E-state index in [2.05, 4.69) is 11.6 Å². The van der Waals surface area contributed by atoms with Crippen molar-refractivity contribution in [3.05, 3.63) is 29.8 Å². The number of carbonyl (C=O) groups excluding carboxylic acids is 1. The Bertz CT molecular complexity index is 670. The van der Waals surface area contributed by atoms with Crippen LogP contribution in [0, 0.1) is 0 Å². The fourth-order valence-electron chi connectivity index (χ4n) is 3.52. The molecule has 4 nitrogen and oxygen atoms in total. The average molecular weight is 424 g/mol. The Hall–Kier alpha value is -1.36. The van der Waals surface area contributed by atoms with Gasteiger partial charge in [-0.25, -0.2) is 8.42 Å². The predicted molar refractivity (Wildman–Crippen MR) is 124 cm³/mol. The molecule has 1 aromatic carbocycles. The maximum absolute atomic E-state index is 12.2. The van der Waals surface area contributed by atoms with Crippen molar-refractivity contribution in [3.63, 3.8) is 0 Å². The average Bonchev–Trinajstić information content (AvgIpc) is 2.68. The SMILES string of the molecule is CCCCCCCCCCCCCCCCS(=O)(=O)Nc1cccc(C(C)=O)c1. The smallest absolute Gasteiger partial charge is 0.232 e. The van der Waals surface area contributed by atoms with Crippen molar-refractivity contribution in [2.75, 3.05) is 10.5 Å². The molecule has 1 N–H and O–H groups in total. The van der Waals surface area contributed by atoms with Crippen LogP contribution in [0.25, 0.3) is 0 Å². The van der Waals surface area contributed by atoms with Crippen molar-refractivity contribution in [1.82, 2.24) is 0 Å². The molecule has 0 saturated carbocycles. The quantitative estimate of drug-likeness (QED) is 0.202. The van der Waals surface area contributed by atoms with Crippen molar-refractivity contribution >= 4 is 21.5 Å². The van der Waals surface area contributed by atoms with Crippen LogP contribution in [-0.4, -0.2) is 20.0 Å². The van der Waals surface area contributed by atoms with Crippen molar-refractivity contribution in [1.29, 1.82) is 0 Å². The van der Waals surface area contributed by atoms with Gasteiger partial charge in [0.1, 0.15) is 0 Å². The summed E-state index contributed by atoms with van der Waals surface area (Å²) >= 11 is 0. The molecular weight excluding hydrogens is 382 g/mol. The van der Waals surface area contributed by atoms with E-state index in [1.165, 1.54) is 77.6 Å². The number of carbonyl (C=O) groups is 1. The molecule has 1 aromatic rings. The minimum atomic E-state index is -3.35. The van der Waals surface area contributed by atoms with Gasteiger partial charge in [0.25, 0.3) is 0 Å². The molecule has 0 atom stereocenters. The van der Waals surface area contributed by atoms with Gasteiger partial charge in [-0.05, 0) is 25.5 Å². The third-order valence-corrected chi connectivity index (χ3v) is 6.68. The monoisotopic (exact) mass is 423 g/mol. The second-order valence-electron chi connectivity index (χ2n) is 8.15. The number of unbranched alkanes of at least 4 members (excludes halogenated alkanes) is 13. The van der Waals surface area contributed by atoms with Crippen LogP contribution < -0.4 is 4.72 Å². The van der Waals surface area contributed by atoms with Crippen LogP contribution in [0.5, 0.6) is 0 Å². The Labute approximate surface area is 178 Å². The van der Waals surface area contributed by atoms with E-state index < -0.39 is 10.0 Å². The molecule has 0 aliphatic carbocycles.